The minimum absolute atomic E-state index is 0.386. The van der Waals surface area contributed by atoms with Crippen LogP contribution in [0.2, 0.25) is 0 Å². The lowest BCUT2D eigenvalue weighted by Gasteiger charge is -1.77. The number of primary amides is 1. The smallest absolute Gasteiger partial charge is 0.247 e. The molecule has 3 nitrogen and oxygen atoms in total. The summed E-state index contributed by atoms with van der Waals surface area (Å²) in [7, 11) is 0. The summed E-state index contributed by atoms with van der Waals surface area (Å²) >= 11 is 4.87. The van der Waals surface area contributed by atoms with Gasteiger partial charge in [0.15, 0.2) is 0 Å². The van der Waals surface area contributed by atoms with E-state index >= 15 is 0 Å². The Morgan fingerprint density at radius 2 is 1.73 bits per heavy atom. The van der Waals surface area contributed by atoms with Crippen LogP contribution in [0, 0.1) is 0 Å². The zero-order valence-corrected chi connectivity index (χ0v) is 7.02. The van der Waals surface area contributed by atoms with Gasteiger partial charge in [0.1, 0.15) is 0 Å². The maximum atomic E-state index is 9.81. The Kier molecular flexibility index (Phi) is 8.03. The minimum atomic E-state index is -0.481. The number of carbonyl (C=O) groups excluding carboxylic acids is 2. The highest BCUT2D eigenvalue weighted by atomic mass is 35.5. The van der Waals surface area contributed by atoms with E-state index in [2.05, 4.69) is 18.9 Å². The summed E-state index contributed by atoms with van der Waals surface area (Å²) in [6.07, 6.45) is 1.06. The third-order valence-corrected chi connectivity index (χ3v) is 0.859. The summed E-state index contributed by atoms with van der Waals surface area (Å²) in [5.74, 6) is -0.481. The molecule has 0 fully saturated rings. The van der Waals surface area contributed by atoms with Crippen molar-refractivity contribution in [2.45, 2.75) is 6.92 Å². The van der Waals surface area contributed by atoms with Crippen molar-refractivity contribution in [3.63, 3.8) is 0 Å². The lowest BCUT2D eigenvalue weighted by molar-refractivity contribution is -0.113. The lowest BCUT2D eigenvalue weighted by atomic mass is 10.4. The molecule has 0 aromatic carbocycles. The molecule has 0 saturated heterocycles. The van der Waals surface area contributed by atoms with Crippen LogP contribution in [-0.2, 0) is 9.59 Å². The first-order valence-electron chi connectivity index (χ1n) is 2.69. The van der Waals surface area contributed by atoms with Crippen molar-refractivity contribution >= 4 is 22.8 Å². The molecular weight excluding hydrogens is 166 g/mol. The molecule has 0 aromatic heterocycles. The van der Waals surface area contributed by atoms with E-state index in [1.54, 1.807) is 6.92 Å². The van der Waals surface area contributed by atoms with E-state index in [4.69, 9.17) is 11.6 Å². The topological polar surface area (TPSA) is 60.2 Å². The summed E-state index contributed by atoms with van der Waals surface area (Å²) in [5.41, 5.74) is 4.92. The summed E-state index contributed by atoms with van der Waals surface area (Å²) < 4.78 is 0. The molecule has 62 valence electrons. The molecule has 2 N–H and O–H groups in total. The Balaban J connectivity index is 0. The Hall–Kier alpha value is -1.09. The quantitative estimate of drug-likeness (QED) is 0.503. The van der Waals surface area contributed by atoms with Crippen LogP contribution in [0.1, 0.15) is 6.92 Å². The summed E-state index contributed by atoms with van der Waals surface area (Å²) in [5, 5.41) is -0.463. The fourth-order valence-electron chi connectivity index (χ4n) is 0. The first-order valence-corrected chi connectivity index (χ1v) is 3.06. The molecule has 0 bridgehead atoms. The predicted octanol–water partition coefficient (Wildman–Crippen LogP) is 0.986. The zero-order chi connectivity index (χ0) is 9.44. The number of carbonyl (C=O) groups is 2. The second-order valence-electron chi connectivity index (χ2n) is 1.66. The van der Waals surface area contributed by atoms with Crippen LogP contribution in [0.25, 0.3) is 0 Å². The zero-order valence-electron chi connectivity index (χ0n) is 6.26. The van der Waals surface area contributed by atoms with Gasteiger partial charge in [-0.25, -0.2) is 0 Å². The minimum Gasteiger partial charge on any atom is -0.366 e. The van der Waals surface area contributed by atoms with Crippen LogP contribution < -0.4 is 5.73 Å². The van der Waals surface area contributed by atoms with Gasteiger partial charge >= 0.3 is 0 Å². The van der Waals surface area contributed by atoms with E-state index in [9.17, 15) is 9.59 Å². The summed E-state index contributed by atoms with van der Waals surface area (Å²) in [6, 6.07) is 0. The van der Waals surface area contributed by atoms with E-state index in [-0.39, 0.29) is 0 Å². The van der Waals surface area contributed by atoms with Gasteiger partial charge in [-0.15, -0.1) is 0 Å². The van der Waals surface area contributed by atoms with Crippen molar-refractivity contribution in [3.05, 3.63) is 24.8 Å². The number of hydrogen-bond acceptors (Lipinski definition) is 2. The third-order valence-electron chi connectivity index (χ3n) is 0.537. The Bertz CT molecular complexity index is 175. The second kappa shape index (κ2) is 7.02. The van der Waals surface area contributed by atoms with Crippen molar-refractivity contribution in [2.75, 3.05) is 0 Å². The molecule has 0 aliphatic carbocycles. The average Bonchev–Trinajstić information content (AvgIpc) is 1.89. The van der Waals surface area contributed by atoms with Gasteiger partial charge in [-0.3, -0.25) is 9.59 Å². The van der Waals surface area contributed by atoms with Gasteiger partial charge in [-0.05, 0) is 24.6 Å². The van der Waals surface area contributed by atoms with Crippen molar-refractivity contribution < 1.29 is 9.59 Å². The monoisotopic (exact) mass is 175 g/mol. The van der Waals surface area contributed by atoms with Gasteiger partial charge in [0.2, 0.25) is 11.1 Å². The number of nitrogens with two attached hydrogens (primary N) is 1. The van der Waals surface area contributed by atoms with Crippen LogP contribution in [-0.4, -0.2) is 11.1 Å². The van der Waals surface area contributed by atoms with Crippen molar-refractivity contribution in [1.29, 1.82) is 0 Å². The first-order chi connectivity index (χ1) is 4.91. The number of halogens is 1. The van der Waals surface area contributed by atoms with Crippen molar-refractivity contribution in [3.8, 4) is 0 Å². The number of amides is 1. The van der Waals surface area contributed by atoms with Crippen LogP contribution in [0.3, 0.4) is 0 Å². The third kappa shape index (κ3) is 17.6. The largest absolute Gasteiger partial charge is 0.366 e. The Morgan fingerprint density at radius 1 is 1.55 bits per heavy atom. The highest BCUT2D eigenvalue weighted by molar-refractivity contribution is 6.67. The molecule has 0 unspecified atom stereocenters. The van der Waals surface area contributed by atoms with E-state index in [0.717, 1.165) is 6.08 Å². The summed E-state index contributed by atoms with van der Waals surface area (Å²) in [4.78, 5) is 19.3. The van der Waals surface area contributed by atoms with Crippen LogP contribution in [0.15, 0.2) is 24.8 Å². The Morgan fingerprint density at radius 3 is 1.73 bits per heavy atom. The molecule has 0 aliphatic heterocycles. The van der Waals surface area contributed by atoms with E-state index < -0.39 is 11.1 Å². The average molecular weight is 176 g/mol. The molecule has 0 aromatic rings. The van der Waals surface area contributed by atoms with E-state index in [1.165, 1.54) is 0 Å². The van der Waals surface area contributed by atoms with E-state index in [0.29, 0.717) is 5.57 Å². The number of allylic oxidation sites excluding steroid dienone is 1. The SMILES string of the molecule is C=C(C)C(=O)Cl.C=CC(N)=O. The molecule has 11 heavy (non-hydrogen) atoms. The molecule has 0 heterocycles. The van der Waals surface area contributed by atoms with Gasteiger partial charge in [-0.1, -0.05) is 13.2 Å². The Labute approximate surface area is 70.5 Å². The molecule has 0 radical (unpaired) electrons. The first kappa shape index (κ1) is 12.6. The highest BCUT2D eigenvalue weighted by Crippen LogP contribution is 1.91. The molecule has 4 heteroatoms. The molecule has 0 rings (SSSR count). The van der Waals surface area contributed by atoms with E-state index in [1.807, 2.05) is 0 Å². The normalized spacial score (nSPS) is 7.09. The molecular formula is C7H10ClNO2. The maximum Gasteiger partial charge on any atom is 0.247 e. The molecule has 0 saturated carbocycles. The fraction of sp³-hybridized carbons (Fsp3) is 0.143. The molecule has 1 amide bonds. The second-order valence-corrected chi connectivity index (χ2v) is 2.00. The van der Waals surface area contributed by atoms with Crippen molar-refractivity contribution in [1.82, 2.24) is 0 Å². The van der Waals surface area contributed by atoms with Gasteiger partial charge in [-0.2, -0.15) is 0 Å². The van der Waals surface area contributed by atoms with Crippen LogP contribution in [0.5, 0.6) is 0 Å². The maximum absolute atomic E-state index is 9.81. The lowest BCUT2D eigenvalue weighted by Crippen LogP contribution is -2.04. The molecule has 0 spiro atoms. The van der Waals surface area contributed by atoms with Crippen LogP contribution >= 0.6 is 11.6 Å². The standard InChI is InChI=1S/C4H5ClO.C3H5NO/c1-3(2)4(5)6;1-2-3(4)5/h1H2,2H3;2H,1H2,(H2,4,5). The van der Waals surface area contributed by atoms with Gasteiger partial charge in [0.05, 0.1) is 0 Å². The predicted molar refractivity (Wildman–Crippen MR) is 45.1 cm³/mol. The van der Waals surface area contributed by atoms with Gasteiger partial charge in [0.25, 0.3) is 0 Å². The number of hydrogen-bond donors (Lipinski definition) is 1. The van der Waals surface area contributed by atoms with Crippen molar-refractivity contribution in [2.24, 2.45) is 5.73 Å². The van der Waals surface area contributed by atoms with Gasteiger partial charge in [0, 0.05) is 5.57 Å². The molecule has 0 aliphatic rings. The van der Waals surface area contributed by atoms with Crippen LogP contribution in [0.4, 0.5) is 0 Å². The highest BCUT2D eigenvalue weighted by Gasteiger charge is 1.89. The molecule has 0 atom stereocenters. The fourth-order valence-corrected chi connectivity index (χ4v) is 0. The van der Waals surface area contributed by atoms with Gasteiger partial charge < -0.3 is 5.73 Å². The summed E-state index contributed by atoms with van der Waals surface area (Å²) in [6.45, 7) is 7.92. The number of rotatable bonds is 2.